The van der Waals surface area contributed by atoms with Crippen LogP contribution < -0.4 is 20.1 Å². The number of carbonyl (C=O) groups is 2. The van der Waals surface area contributed by atoms with Crippen molar-refractivity contribution in [1.29, 1.82) is 0 Å². The van der Waals surface area contributed by atoms with Crippen molar-refractivity contribution >= 4 is 90.4 Å². The van der Waals surface area contributed by atoms with Crippen LogP contribution in [-0.4, -0.2) is 80.6 Å². The lowest BCUT2D eigenvalue weighted by Crippen LogP contribution is -2.32. The number of hydrogen-bond donors (Lipinski definition) is 3. The SMILES string of the molecule is CC(C)Oc1cc2c(cc1Nc1ncnc3sc4c(c13)CCC(C(=O)N(C)C)C4)C=NC2.CC(C)Oc1cc2c(cc1Nc1ncnc3sc4c(c13)CCC(C(=O)O)C4)C=NC2. The number of fused-ring (bicyclic) bond motifs is 8. The highest BCUT2D eigenvalue weighted by Gasteiger charge is 2.31. The van der Waals surface area contributed by atoms with E-state index in [9.17, 15) is 14.7 Å². The number of benzene rings is 2. The summed E-state index contributed by atoms with van der Waals surface area (Å²) in [6.07, 6.45) is 11.4. The van der Waals surface area contributed by atoms with Gasteiger partial charge in [0.05, 0.1) is 53.4 Å². The van der Waals surface area contributed by atoms with Crippen LogP contribution >= 0.6 is 22.7 Å². The van der Waals surface area contributed by atoms with Crippen molar-refractivity contribution in [2.24, 2.45) is 21.8 Å². The average molecular weight is 872 g/mol. The molecule has 2 aliphatic heterocycles. The molecule has 6 aromatic rings. The number of anilines is 4. The maximum atomic E-state index is 12.5. The van der Waals surface area contributed by atoms with E-state index < -0.39 is 5.97 Å². The minimum absolute atomic E-state index is 0.0389. The van der Waals surface area contributed by atoms with E-state index in [1.165, 1.54) is 21.6 Å². The van der Waals surface area contributed by atoms with Gasteiger partial charge < -0.3 is 30.1 Å². The van der Waals surface area contributed by atoms with E-state index in [0.717, 1.165) is 102 Å². The van der Waals surface area contributed by atoms with Crippen LogP contribution in [0.3, 0.4) is 0 Å². The summed E-state index contributed by atoms with van der Waals surface area (Å²) in [5, 5.41) is 18.5. The number of aliphatic carboxylic acids is 1. The lowest BCUT2D eigenvalue weighted by atomic mass is 9.87. The number of nitrogens with zero attached hydrogens (tertiary/aromatic N) is 7. The van der Waals surface area contributed by atoms with Crippen LogP contribution in [0.2, 0.25) is 0 Å². The molecule has 320 valence electrons. The monoisotopic (exact) mass is 871 g/mol. The molecule has 16 heteroatoms. The summed E-state index contributed by atoms with van der Waals surface area (Å²) in [5.74, 6) is 2.29. The lowest BCUT2D eigenvalue weighted by Gasteiger charge is -2.24. The Kier molecular flexibility index (Phi) is 11.4. The molecule has 0 bridgehead atoms. The zero-order chi connectivity index (χ0) is 43.2. The molecule has 4 aliphatic rings. The van der Waals surface area contributed by atoms with Crippen molar-refractivity contribution in [3.8, 4) is 11.5 Å². The predicted octanol–water partition coefficient (Wildman–Crippen LogP) is 8.69. The third kappa shape index (κ3) is 8.20. The summed E-state index contributed by atoms with van der Waals surface area (Å²) in [5.41, 5.74) is 8.66. The van der Waals surface area contributed by atoms with Crippen LogP contribution in [0.25, 0.3) is 20.4 Å². The topological polar surface area (TPSA) is 176 Å². The van der Waals surface area contributed by atoms with Crippen molar-refractivity contribution in [2.45, 2.75) is 91.5 Å². The first-order valence-electron chi connectivity index (χ1n) is 21.0. The largest absolute Gasteiger partial charge is 0.489 e. The number of hydrogen-bond acceptors (Lipinski definition) is 14. The first-order chi connectivity index (χ1) is 29.9. The zero-order valence-corrected chi connectivity index (χ0v) is 37.2. The molecule has 6 heterocycles. The maximum absolute atomic E-state index is 12.5. The molecule has 10 rings (SSSR count). The second kappa shape index (κ2) is 17.0. The highest BCUT2D eigenvalue weighted by molar-refractivity contribution is 7.19. The van der Waals surface area contributed by atoms with E-state index in [0.29, 0.717) is 25.9 Å². The number of ether oxygens (including phenoxy) is 2. The number of carboxylic acid groups (broad SMARTS) is 1. The molecule has 3 N–H and O–H groups in total. The second-order valence-corrected chi connectivity index (χ2v) is 19.0. The number of amides is 1. The Hall–Kier alpha value is -6.00. The van der Waals surface area contributed by atoms with Gasteiger partial charge in [0.15, 0.2) is 0 Å². The molecule has 2 aliphatic carbocycles. The van der Waals surface area contributed by atoms with Crippen LogP contribution in [0.15, 0.2) is 46.9 Å². The fraction of sp³-hybridized carbons (Fsp3) is 0.391. The molecule has 14 nitrogen and oxygen atoms in total. The van der Waals surface area contributed by atoms with Gasteiger partial charge in [0, 0.05) is 42.2 Å². The highest BCUT2D eigenvalue weighted by atomic mass is 32.1. The van der Waals surface area contributed by atoms with Gasteiger partial charge in [0.1, 0.15) is 45.5 Å². The zero-order valence-electron chi connectivity index (χ0n) is 35.6. The second-order valence-electron chi connectivity index (χ2n) is 16.9. The molecule has 2 unspecified atom stereocenters. The quantitative estimate of drug-likeness (QED) is 0.120. The minimum atomic E-state index is -0.724. The van der Waals surface area contributed by atoms with E-state index in [1.54, 1.807) is 40.2 Å². The molecule has 0 radical (unpaired) electrons. The van der Waals surface area contributed by atoms with Gasteiger partial charge in [-0.05, 0) is 124 Å². The number of rotatable bonds is 10. The van der Waals surface area contributed by atoms with Gasteiger partial charge in [0.25, 0.3) is 0 Å². The number of carbonyl (C=O) groups excluding carboxylic acids is 1. The molecule has 4 aromatic heterocycles. The number of carboxylic acids is 1. The van der Waals surface area contributed by atoms with Gasteiger partial charge >= 0.3 is 5.97 Å². The van der Waals surface area contributed by atoms with Gasteiger partial charge in [-0.25, -0.2) is 19.9 Å². The number of aromatic nitrogens is 4. The summed E-state index contributed by atoms with van der Waals surface area (Å²) < 4.78 is 12.2. The van der Waals surface area contributed by atoms with Gasteiger partial charge in [0.2, 0.25) is 5.91 Å². The van der Waals surface area contributed by atoms with Crippen molar-refractivity contribution in [2.75, 3.05) is 24.7 Å². The predicted molar refractivity (Wildman–Crippen MR) is 246 cm³/mol. The molecule has 2 aromatic carbocycles. The summed E-state index contributed by atoms with van der Waals surface area (Å²) in [4.78, 5) is 56.7. The average Bonchev–Trinajstić information content (AvgIpc) is 4.05. The van der Waals surface area contributed by atoms with Crippen LogP contribution in [0.4, 0.5) is 23.0 Å². The van der Waals surface area contributed by atoms with E-state index in [4.69, 9.17) is 9.47 Å². The summed E-state index contributed by atoms with van der Waals surface area (Å²) >= 11 is 3.25. The molecular formula is C46H49N9O5S2. The molecule has 0 fully saturated rings. The first-order valence-corrected chi connectivity index (χ1v) is 22.7. The van der Waals surface area contributed by atoms with E-state index >= 15 is 0 Å². The smallest absolute Gasteiger partial charge is 0.306 e. The number of nitrogens with one attached hydrogen (secondary N) is 2. The molecule has 0 saturated carbocycles. The van der Waals surface area contributed by atoms with Crippen molar-refractivity contribution < 1.29 is 24.2 Å². The van der Waals surface area contributed by atoms with Gasteiger partial charge in [-0.3, -0.25) is 19.6 Å². The molecule has 62 heavy (non-hydrogen) atoms. The molecule has 0 saturated heterocycles. The number of thiophene rings is 2. The van der Waals surface area contributed by atoms with Crippen LogP contribution in [0.1, 0.15) is 83.7 Å². The van der Waals surface area contributed by atoms with Crippen LogP contribution in [0, 0.1) is 11.8 Å². The van der Waals surface area contributed by atoms with Crippen molar-refractivity contribution in [3.63, 3.8) is 0 Å². The summed E-state index contributed by atoms with van der Waals surface area (Å²) in [6, 6.07) is 8.26. The third-order valence-corrected chi connectivity index (χ3v) is 13.9. The maximum Gasteiger partial charge on any atom is 0.306 e. The summed E-state index contributed by atoms with van der Waals surface area (Å²) in [6.45, 7) is 9.42. The van der Waals surface area contributed by atoms with Gasteiger partial charge in [-0.1, -0.05) is 0 Å². The Labute approximate surface area is 367 Å². The lowest BCUT2D eigenvalue weighted by molar-refractivity contribution is -0.142. The van der Waals surface area contributed by atoms with E-state index in [1.807, 2.05) is 60.3 Å². The van der Waals surface area contributed by atoms with Gasteiger partial charge in [-0.15, -0.1) is 22.7 Å². The normalized spacial score (nSPS) is 17.0. The Morgan fingerprint density at radius 1 is 0.710 bits per heavy atom. The fourth-order valence-electron chi connectivity index (χ4n) is 8.63. The van der Waals surface area contributed by atoms with E-state index in [2.05, 4.69) is 58.8 Å². The van der Waals surface area contributed by atoms with Crippen LogP contribution in [0.5, 0.6) is 11.5 Å². The molecule has 2 atom stereocenters. The van der Waals surface area contributed by atoms with Crippen LogP contribution in [-0.2, 0) is 48.4 Å². The Morgan fingerprint density at radius 2 is 1.18 bits per heavy atom. The Morgan fingerprint density at radius 3 is 1.63 bits per heavy atom. The fourth-order valence-corrected chi connectivity index (χ4v) is 11.2. The first kappa shape index (κ1) is 41.4. The van der Waals surface area contributed by atoms with Gasteiger partial charge in [-0.2, -0.15) is 0 Å². The standard InChI is InChI=1S/C24H27N5O2S.C22H22N4O3S/c1-13(2)31-19-8-16-11-25-10-15(16)7-18(19)28-22-21-17-6-5-14(24(30)29(3)4)9-20(17)32-23(21)27-12-26-22;1-11(2)29-17-6-14-9-23-8-13(14)5-16(17)26-20-19-15-4-3-12(22(27)28)7-18(15)30-21(19)25-10-24-20/h7-8,10,12-14H,5-6,9,11H2,1-4H3,(H,26,27,28);5-6,8,10-12H,3-4,7,9H2,1-2H3,(H,27,28)(H,24,25,26). The van der Waals surface area contributed by atoms with Crippen molar-refractivity contribution in [1.82, 2.24) is 24.8 Å². The molecule has 1 amide bonds. The third-order valence-electron chi connectivity index (χ3n) is 11.5. The number of aliphatic imine (C=N–C) groups is 2. The minimum Gasteiger partial charge on any atom is -0.489 e. The number of aryl methyl sites for hydroxylation is 2. The molecule has 0 spiro atoms. The van der Waals surface area contributed by atoms with Crippen molar-refractivity contribution in [3.05, 3.63) is 80.1 Å². The van der Waals surface area contributed by atoms with E-state index in [-0.39, 0.29) is 30.0 Å². The molecular weight excluding hydrogens is 823 g/mol. The highest BCUT2D eigenvalue weighted by Crippen LogP contribution is 2.44. The Bertz CT molecular complexity index is 2790. The summed E-state index contributed by atoms with van der Waals surface area (Å²) in [7, 11) is 3.66. The Balaban J connectivity index is 0.000000158.